The second-order valence-corrected chi connectivity index (χ2v) is 6.97. The minimum Gasteiger partial charge on any atom is -0.342 e. The fraction of sp³-hybridized carbons (Fsp3) is 0.938. The Balaban J connectivity index is 1.46. The number of nitrogens with zero attached hydrogens (tertiary/aromatic N) is 2. The molecule has 4 heteroatoms. The molecule has 1 spiro atoms. The number of piperazine rings is 1. The first-order valence-electron chi connectivity index (χ1n) is 8.48. The fourth-order valence-electron chi connectivity index (χ4n) is 4.19. The van der Waals surface area contributed by atoms with Gasteiger partial charge in [-0.2, -0.15) is 0 Å². The predicted molar refractivity (Wildman–Crippen MR) is 80.6 cm³/mol. The second-order valence-electron chi connectivity index (χ2n) is 6.97. The van der Waals surface area contributed by atoms with Crippen molar-refractivity contribution in [3.63, 3.8) is 0 Å². The Kier molecular flexibility index (Phi) is 4.61. The van der Waals surface area contributed by atoms with Crippen LogP contribution in [0.3, 0.4) is 0 Å². The molecule has 0 bridgehead atoms. The normalized spacial score (nSPS) is 27.7. The van der Waals surface area contributed by atoms with Crippen LogP contribution in [0.1, 0.15) is 44.9 Å². The summed E-state index contributed by atoms with van der Waals surface area (Å²) in [7, 11) is 0. The van der Waals surface area contributed by atoms with Crippen LogP contribution in [0.2, 0.25) is 0 Å². The van der Waals surface area contributed by atoms with Gasteiger partial charge in [0.05, 0.1) is 6.54 Å². The van der Waals surface area contributed by atoms with E-state index in [2.05, 4.69) is 15.1 Å². The van der Waals surface area contributed by atoms with Crippen LogP contribution in [0.15, 0.2) is 0 Å². The molecular weight excluding hydrogens is 250 g/mol. The number of carbonyl (C=O) groups is 1. The first kappa shape index (κ1) is 14.3. The molecule has 1 N–H and O–H groups in total. The molecule has 1 amide bonds. The molecule has 0 aromatic carbocycles. The van der Waals surface area contributed by atoms with Crippen LogP contribution in [-0.2, 0) is 4.79 Å². The van der Waals surface area contributed by atoms with Crippen molar-refractivity contribution < 1.29 is 4.79 Å². The average molecular weight is 279 g/mol. The summed E-state index contributed by atoms with van der Waals surface area (Å²) in [6.07, 6.45) is 9.57. The van der Waals surface area contributed by atoms with Crippen LogP contribution < -0.4 is 5.32 Å². The Bertz CT molecular complexity index is 323. The van der Waals surface area contributed by atoms with Crippen molar-refractivity contribution in [3.05, 3.63) is 0 Å². The lowest BCUT2D eigenvalue weighted by Crippen LogP contribution is -2.50. The van der Waals surface area contributed by atoms with Crippen molar-refractivity contribution in [1.82, 2.24) is 15.1 Å². The highest BCUT2D eigenvalue weighted by Gasteiger charge is 2.36. The molecule has 1 saturated carbocycles. The summed E-state index contributed by atoms with van der Waals surface area (Å²) in [6.45, 7) is 6.73. The topological polar surface area (TPSA) is 35.6 Å². The lowest BCUT2D eigenvalue weighted by Gasteiger charge is -2.44. The monoisotopic (exact) mass is 279 g/mol. The Morgan fingerprint density at radius 2 is 1.55 bits per heavy atom. The largest absolute Gasteiger partial charge is 0.342 e. The zero-order valence-electron chi connectivity index (χ0n) is 12.7. The van der Waals surface area contributed by atoms with Crippen molar-refractivity contribution >= 4 is 5.91 Å². The SMILES string of the molecule is O=C(CN1CCNCC1)N1CCC2(CCCCC2)CC1. The third-order valence-corrected chi connectivity index (χ3v) is 5.66. The van der Waals surface area contributed by atoms with Gasteiger partial charge in [0.15, 0.2) is 0 Å². The molecule has 2 heterocycles. The number of likely N-dealkylation sites (tertiary alicyclic amines) is 1. The highest BCUT2D eigenvalue weighted by atomic mass is 16.2. The summed E-state index contributed by atoms with van der Waals surface area (Å²) in [6, 6.07) is 0. The summed E-state index contributed by atoms with van der Waals surface area (Å²) in [4.78, 5) is 16.8. The van der Waals surface area contributed by atoms with Gasteiger partial charge in [-0.15, -0.1) is 0 Å². The number of rotatable bonds is 2. The highest BCUT2D eigenvalue weighted by Crippen LogP contribution is 2.44. The van der Waals surface area contributed by atoms with Gasteiger partial charge in [-0.05, 0) is 31.1 Å². The van der Waals surface area contributed by atoms with Crippen LogP contribution in [-0.4, -0.2) is 61.5 Å². The third-order valence-electron chi connectivity index (χ3n) is 5.66. The lowest BCUT2D eigenvalue weighted by molar-refractivity contribution is -0.135. The summed E-state index contributed by atoms with van der Waals surface area (Å²) in [5.74, 6) is 0.359. The second kappa shape index (κ2) is 6.44. The van der Waals surface area contributed by atoms with Gasteiger partial charge in [0.1, 0.15) is 0 Å². The van der Waals surface area contributed by atoms with E-state index in [1.807, 2.05) is 0 Å². The van der Waals surface area contributed by atoms with Crippen molar-refractivity contribution in [1.29, 1.82) is 0 Å². The zero-order chi connectivity index (χ0) is 13.8. The molecule has 3 aliphatic rings. The van der Waals surface area contributed by atoms with E-state index in [0.29, 0.717) is 17.9 Å². The first-order valence-corrected chi connectivity index (χ1v) is 8.48. The summed E-state index contributed by atoms with van der Waals surface area (Å²) in [5, 5.41) is 3.34. The standard InChI is InChI=1S/C16H29N3O/c20-15(14-18-12-8-17-9-13-18)19-10-6-16(7-11-19)4-2-1-3-5-16/h17H,1-14H2. The zero-order valence-corrected chi connectivity index (χ0v) is 12.7. The van der Waals surface area contributed by atoms with Crippen LogP contribution in [0, 0.1) is 5.41 Å². The number of piperidine rings is 1. The fourth-order valence-corrected chi connectivity index (χ4v) is 4.19. The van der Waals surface area contributed by atoms with Gasteiger partial charge in [-0.3, -0.25) is 9.69 Å². The van der Waals surface area contributed by atoms with Gasteiger partial charge < -0.3 is 10.2 Å². The summed E-state index contributed by atoms with van der Waals surface area (Å²) in [5.41, 5.74) is 0.601. The minimum absolute atomic E-state index is 0.359. The Labute approximate surface area is 122 Å². The van der Waals surface area contributed by atoms with Crippen molar-refractivity contribution in [2.75, 3.05) is 45.8 Å². The van der Waals surface area contributed by atoms with E-state index in [-0.39, 0.29) is 0 Å². The molecule has 3 fully saturated rings. The van der Waals surface area contributed by atoms with Gasteiger partial charge in [-0.1, -0.05) is 19.3 Å². The van der Waals surface area contributed by atoms with Crippen LogP contribution in [0.4, 0.5) is 0 Å². The molecule has 0 aromatic rings. The van der Waals surface area contributed by atoms with Gasteiger partial charge in [0.2, 0.25) is 5.91 Å². The van der Waals surface area contributed by atoms with E-state index in [0.717, 1.165) is 39.3 Å². The Morgan fingerprint density at radius 1 is 0.900 bits per heavy atom. The average Bonchev–Trinajstić information content (AvgIpc) is 2.50. The van der Waals surface area contributed by atoms with Crippen LogP contribution in [0.25, 0.3) is 0 Å². The van der Waals surface area contributed by atoms with Crippen molar-refractivity contribution in [2.24, 2.45) is 5.41 Å². The van der Waals surface area contributed by atoms with Crippen molar-refractivity contribution in [3.8, 4) is 0 Å². The quantitative estimate of drug-likeness (QED) is 0.831. The van der Waals surface area contributed by atoms with Gasteiger partial charge >= 0.3 is 0 Å². The van der Waals surface area contributed by atoms with E-state index in [9.17, 15) is 4.79 Å². The van der Waals surface area contributed by atoms with E-state index >= 15 is 0 Å². The number of carbonyl (C=O) groups excluding carboxylic acids is 1. The number of amides is 1. The maximum Gasteiger partial charge on any atom is 0.236 e. The molecule has 0 unspecified atom stereocenters. The summed E-state index contributed by atoms with van der Waals surface area (Å²) < 4.78 is 0. The number of nitrogens with one attached hydrogen (secondary N) is 1. The van der Waals surface area contributed by atoms with E-state index in [1.54, 1.807) is 0 Å². The molecule has 2 aliphatic heterocycles. The third kappa shape index (κ3) is 3.34. The summed E-state index contributed by atoms with van der Waals surface area (Å²) >= 11 is 0. The van der Waals surface area contributed by atoms with Crippen molar-refractivity contribution in [2.45, 2.75) is 44.9 Å². The Hall–Kier alpha value is -0.610. The maximum atomic E-state index is 12.4. The van der Waals surface area contributed by atoms with E-state index in [4.69, 9.17) is 0 Å². The molecule has 2 saturated heterocycles. The number of hydrogen-bond donors (Lipinski definition) is 1. The van der Waals surface area contributed by atoms with Crippen LogP contribution >= 0.6 is 0 Å². The minimum atomic E-state index is 0.359. The van der Waals surface area contributed by atoms with Crippen LogP contribution in [0.5, 0.6) is 0 Å². The molecule has 3 rings (SSSR count). The Morgan fingerprint density at radius 3 is 2.20 bits per heavy atom. The van der Waals surface area contributed by atoms with Gasteiger partial charge in [0.25, 0.3) is 0 Å². The molecular formula is C16H29N3O. The molecule has 20 heavy (non-hydrogen) atoms. The maximum absolute atomic E-state index is 12.4. The molecule has 0 aromatic heterocycles. The van der Waals surface area contributed by atoms with Gasteiger partial charge in [0, 0.05) is 39.3 Å². The molecule has 0 atom stereocenters. The van der Waals surface area contributed by atoms with Gasteiger partial charge in [-0.25, -0.2) is 0 Å². The molecule has 114 valence electrons. The predicted octanol–water partition coefficient (Wildman–Crippen LogP) is 1.46. The highest BCUT2D eigenvalue weighted by molar-refractivity contribution is 5.78. The molecule has 0 radical (unpaired) electrons. The molecule has 1 aliphatic carbocycles. The first-order chi connectivity index (χ1) is 9.77. The van der Waals surface area contributed by atoms with E-state index < -0.39 is 0 Å². The van der Waals surface area contributed by atoms with E-state index in [1.165, 1.54) is 44.9 Å². The smallest absolute Gasteiger partial charge is 0.236 e. The number of hydrogen-bond acceptors (Lipinski definition) is 3. The lowest BCUT2D eigenvalue weighted by atomic mass is 9.68. The molecule has 4 nitrogen and oxygen atoms in total.